The maximum Gasteiger partial charge on any atom is 0.408 e. The number of alkyl carbamates (subject to hydrolysis) is 1. The summed E-state index contributed by atoms with van der Waals surface area (Å²) in [5.41, 5.74) is 0. The van der Waals surface area contributed by atoms with Gasteiger partial charge in [-0.25, -0.2) is 9.59 Å². The van der Waals surface area contributed by atoms with E-state index in [4.69, 9.17) is 10.2 Å². The van der Waals surface area contributed by atoms with Gasteiger partial charge in [0, 0.05) is 7.11 Å². The van der Waals surface area contributed by atoms with Crippen LogP contribution in [0.2, 0.25) is 0 Å². The lowest BCUT2D eigenvalue weighted by Gasteiger charge is -2.17. The second-order valence-corrected chi connectivity index (χ2v) is 2.79. The second kappa shape index (κ2) is 14.5. The van der Waals surface area contributed by atoms with Gasteiger partial charge in [0.1, 0.15) is 20.1 Å². The molecule has 0 aliphatic carbocycles. The maximum atomic E-state index is 11.1. The summed E-state index contributed by atoms with van der Waals surface area (Å²) in [6, 6.07) is -0.716. The fourth-order valence-corrected chi connectivity index (χ4v) is 0.746. The molecule has 0 aliphatic heterocycles. The van der Waals surface area contributed by atoms with Gasteiger partial charge in [-0.2, -0.15) is 0 Å². The summed E-state index contributed by atoms with van der Waals surface area (Å²) < 4.78 is 9.30. The molecule has 0 aromatic heterocycles. The second-order valence-electron chi connectivity index (χ2n) is 2.79. The Morgan fingerprint density at radius 1 is 1.11 bits per heavy atom. The van der Waals surface area contributed by atoms with E-state index in [1.165, 1.54) is 7.11 Å². The molecular formula is C10H25N3O6. The van der Waals surface area contributed by atoms with Crippen molar-refractivity contribution in [3.05, 3.63) is 0 Å². The fraction of sp³-hybridized carbons (Fsp3) is 0.800. The summed E-state index contributed by atoms with van der Waals surface area (Å²) in [7, 11) is 1.47. The van der Waals surface area contributed by atoms with Crippen LogP contribution in [0.25, 0.3) is 0 Å². The number of carbonyl (C=O) groups is 2. The minimum Gasteiger partial charge on any atom is -0.447 e. The number of hydrogen-bond acceptors (Lipinski definition) is 6. The smallest absolute Gasteiger partial charge is 0.408 e. The molecule has 19 heavy (non-hydrogen) atoms. The number of nitrogens with zero attached hydrogens (tertiary/aromatic N) is 1. The van der Waals surface area contributed by atoms with Crippen LogP contribution in [-0.2, 0) is 9.47 Å². The molecule has 0 spiro atoms. The largest absolute Gasteiger partial charge is 0.447 e. The van der Waals surface area contributed by atoms with Crippen LogP contribution < -0.4 is 10.6 Å². The first-order valence-electron chi connectivity index (χ1n) is 4.79. The highest BCUT2D eigenvalue weighted by Gasteiger charge is 2.10. The molecule has 0 saturated carbocycles. The third-order valence-electron chi connectivity index (χ3n) is 1.62. The summed E-state index contributed by atoms with van der Waals surface area (Å²) in [6.45, 7) is -1.04. The molecule has 9 nitrogen and oxygen atoms in total. The van der Waals surface area contributed by atoms with E-state index in [1.54, 1.807) is 0 Å². The topological polar surface area (TPSA) is 120 Å². The number of urea groups is 1. The average molecular weight is 283 g/mol. The van der Waals surface area contributed by atoms with Crippen molar-refractivity contribution in [1.29, 1.82) is 0 Å². The highest BCUT2D eigenvalue weighted by molar-refractivity contribution is 5.74. The van der Waals surface area contributed by atoms with Crippen LogP contribution in [0.5, 0.6) is 0 Å². The lowest BCUT2D eigenvalue weighted by molar-refractivity contribution is 0.0565. The van der Waals surface area contributed by atoms with E-state index >= 15 is 0 Å². The zero-order valence-electron chi connectivity index (χ0n) is 9.51. The zero-order valence-corrected chi connectivity index (χ0v) is 9.51. The van der Waals surface area contributed by atoms with Gasteiger partial charge >= 0.3 is 12.1 Å². The molecule has 0 heterocycles. The number of methoxy groups -OCH3 is 1. The molecule has 0 rings (SSSR count). The molecule has 0 fully saturated rings. The van der Waals surface area contributed by atoms with E-state index in [2.05, 4.69) is 20.1 Å². The van der Waals surface area contributed by atoms with Gasteiger partial charge in [0.2, 0.25) is 0 Å². The predicted octanol–water partition coefficient (Wildman–Crippen LogP) is -0.500. The Kier molecular flexibility index (Phi) is 17.2. The molecule has 4 N–H and O–H groups in total. The van der Waals surface area contributed by atoms with Crippen LogP contribution in [0.3, 0.4) is 0 Å². The summed E-state index contributed by atoms with van der Waals surface area (Å²) in [6.07, 6.45) is -0.707. The van der Waals surface area contributed by atoms with Crippen molar-refractivity contribution < 1.29 is 29.3 Å². The molecule has 0 unspecified atom stereocenters. The van der Waals surface area contributed by atoms with Gasteiger partial charge in [-0.1, -0.05) is 14.9 Å². The standard InChI is InChI=1S/C8H17N3O6.2CH4/c1-16-2-3-17-8(15)10-4-9-7(14)11(5-12)6-13;;/h12-13H,2-6H2,1H3,(H,9,14)(H,10,15);2*1H4. The number of amides is 3. The Labute approximate surface area is 113 Å². The Morgan fingerprint density at radius 2 is 1.68 bits per heavy atom. The molecule has 9 heteroatoms. The molecule has 0 aromatic rings. The Morgan fingerprint density at radius 3 is 2.16 bits per heavy atom. The maximum absolute atomic E-state index is 11.1. The number of aliphatic hydroxyl groups excluding tert-OH is 2. The Bertz CT molecular complexity index is 235. The lowest BCUT2D eigenvalue weighted by atomic mass is 10.7. The summed E-state index contributed by atoms with van der Waals surface area (Å²) in [4.78, 5) is 22.8. The number of ether oxygens (including phenoxy) is 2. The van der Waals surface area contributed by atoms with Crippen molar-refractivity contribution in [2.24, 2.45) is 0 Å². The highest BCUT2D eigenvalue weighted by atomic mass is 16.6. The van der Waals surface area contributed by atoms with Crippen molar-refractivity contribution in [3.63, 3.8) is 0 Å². The number of hydrogen-bond donors (Lipinski definition) is 4. The molecular weight excluding hydrogens is 258 g/mol. The molecule has 0 bridgehead atoms. The molecule has 0 aromatic carbocycles. The van der Waals surface area contributed by atoms with Crippen molar-refractivity contribution >= 4 is 12.1 Å². The third kappa shape index (κ3) is 11.3. The van der Waals surface area contributed by atoms with Gasteiger partial charge in [-0.15, -0.1) is 0 Å². The van der Waals surface area contributed by atoms with Gasteiger partial charge in [-0.05, 0) is 0 Å². The van der Waals surface area contributed by atoms with E-state index < -0.39 is 25.6 Å². The SMILES string of the molecule is C.C.COCCOC(=O)NCNC(=O)N(CO)CO. The number of carbonyl (C=O) groups excluding carboxylic acids is 2. The monoisotopic (exact) mass is 283 g/mol. The molecule has 0 atom stereocenters. The van der Waals surface area contributed by atoms with Crippen molar-refractivity contribution in [2.75, 3.05) is 40.5 Å². The van der Waals surface area contributed by atoms with Gasteiger partial charge in [-0.3, -0.25) is 4.90 Å². The van der Waals surface area contributed by atoms with Gasteiger partial charge in [0.15, 0.2) is 0 Å². The molecule has 0 saturated heterocycles. The van der Waals surface area contributed by atoms with Crippen LogP contribution in [-0.4, -0.2) is 67.7 Å². The number of nitrogens with one attached hydrogen (secondary N) is 2. The van der Waals surface area contributed by atoms with Crippen molar-refractivity contribution in [3.8, 4) is 0 Å². The Balaban J connectivity index is -0.00000128. The van der Waals surface area contributed by atoms with Crippen LogP contribution in [0.4, 0.5) is 9.59 Å². The predicted molar refractivity (Wildman–Crippen MR) is 69.2 cm³/mol. The van der Waals surface area contributed by atoms with Gasteiger partial charge in [0.25, 0.3) is 0 Å². The quantitative estimate of drug-likeness (QED) is 0.369. The first kappa shape index (κ1) is 22.6. The first-order chi connectivity index (χ1) is 8.15. The molecule has 116 valence electrons. The van der Waals surface area contributed by atoms with E-state index in [-0.39, 0.29) is 34.7 Å². The van der Waals surface area contributed by atoms with Gasteiger partial charge in [0.05, 0.1) is 13.3 Å². The first-order valence-corrected chi connectivity index (χ1v) is 4.79. The lowest BCUT2D eigenvalue weighted by Crippen LogP contribution is -2.45. The normalized spacial score (nSPS) is 8.58. The van der Waals surface area contributed by atoms with E-state index in [1.807, 2.05) is 0 Å². The van der Waals surface area contributed by atoms with E-state index in [0.29, 0.717) is 0 Å². The van der Waals surface area contributed by atoms with Crippen LogP contribution in [0, 0.1) is 0 Å². The summed E-state index contributed by atoms with van der Waals surface area (Å²) >= 11 is 0. The number of rotatable bonds is 7. The van der Waals surface area contributed by atoms with Crippen LogP contribution in [0.1, 0.15) is 14.9 Å². The highest BCUT2D eigenvalue weighted by Crippen LogP contribution is 1.84. The van der Waals surface area contributed by atoms with E-state index in [9.17, 15) is 9.59 Å². The summed E-state index contributed by atoms with van der Waals surface area (Å²) in [5, 5.41) is 21.7. The van der Waals surface area contributed by atoms with Gasteiger partial charge < -0.3 is 30.3 Å². The van der Waals surface area contributed by atoms with Crippen molar-refractivity contribution in [2.45, 2.75) is 14.9 Å². The molecule has 0 radical (unpaired) electrons. The number of aliphatic hydroxyl groups is 2. The minimum atomic E-state index is -0.716. The molecule has 0 aliphatic rings. The fourth-order valence-electron chi connectivity index (χ4n) is 0.746. The summed E-state index contributed by atoms with van der Waals surface area (Å²) in [5.74, 6) is 0. The Hall–Kier alpha value is -1.58. The van der Waals surface area contributed by atoms with Crippen LogP contribution >= 0.6 is 0 Å². The van der Waals surface area contributed by atoms with Crippen molar-refractivity contribution in [1.82, 2.24) is 15.5 Å². The zero-order chi connectivity index (χ0) is 13.1. The van der Waals surface area contributed by atoms with E-state index in [0.717, 1.165) is 4.90 Å². The van der Waals surface area contributed by atoms with Crippen LogP contribution in [0.15, 0.2) is 0 Å². The third-order valence-corrected chi connectivity index (χ3v) is 1.62. The average Bonchev–Trinajstić information content (AvgIpc) is 2.31. The minimum absolute atomic E-state index is 0. The molecule has 3 amide bonds.